The Labute approximate surface area is 96.4 Å². The number of fused-ring (bicyclic) bond motifs is 1. The summed E-state index contributed by atoms with van der Waals surface area (Å²) in [5.74, 6) is -0.352. The van der Waals surface area contributed by atoms with Gasteiger partial charge in [-0.05, 0) is 13.8 Å². The molecule has 0 aliphatic heterocycles. The highest BCUT2D eigenvalue weighted by Gasteiger charge is 2.19. The van der Waals surface area contributed by atoms with Crippen molar-refractivity contribution < 1.29 is 14.3 Å². The van der Waals surface area contributed by atoms with Gasteiger partial charge in [-0.15, -0.1) is 11.3 Å². The van der Waals surface area contributed by atoms with Gasteiger partial charge in [0.1, 0.15) is 10.4 Å². The first kappa shape index (κ1) is 10.9. The fourth-order valence-corrected chi connectivity index (χ4v) is 2.43. The highest BCUT2D eigenvalue weighted by Crippen LogP contribution is 2.31. The molecule has 2 aromatic heterocycles. The van der Waals surface area contributed by atoms with Crippen molar-refractivity contribution in [3.63, 3.8) is 0 Å². The summed E-state index contributed by atoms with van der Waals surface area (Å²) in [6.07, 6.45) is 0. The number of aromatic amines is 1. The summed E-state index contributed by atoms with van der Waals surface area (Å²) in [4.78, 5) is 20.3. The number of esters is 1. The zero-order valence-electron chi connectivity index (χ0n) is 9.29. The van der Waals surface area contributed by atoms with E-state index >= 15 is 0 Å². The van der Waals surface area contributed by atoms with Crippen molar-refractivity contribution in [3.05, 3.63) is 9.75 Å². The third kappa shape index (κ3) is 1.65. The second-order valence-electron chi connectivity index (χ2n) is 3.18. The number of carbonyl (C=O) groups excluding carboxylic acids is 1. The largest absolute Gasteiger partial charge is 0.465 e. The molecule has 0 spiro atoms. The van der Waals surface area contributed by atoms with Gasteiger partial charge >= 0.3 is 5.97 Å². The van der Waals surface area contributed by atoms with Crippen LogP contribution >= 0.6 is 11.3 Å². The Hall–Kier alpha value is -1.56. The van der Waals surface area contributed by atoms with Gasteiger partial charge in [-0.2, -0.15) is 4.98 Å². The van der Waals surface area contributed by atoms with Crippen LogP contribution in [0.5, 0.6) is 6.01 Å². The maximum Gasteiger partial charge on any atom is 0.350 e. The molecule has 0 aliphatic carbocycles. The first-order chi connectivity index (χ1) is 7.67. The van der Waals surface area contributed by atoms with Gasteiger partial charge in [0, 0.05) is 4.88 Å². The number of carbonyl (C=O) groups is 1. The van der Waals surface area contributed by atoms with E-state index < -0.39 is 0 Å². The van der Waals surface area contributed by atoms with E-state index in [0.29, 0.717) is 23.0 Å². The van der Waals surface area contributed by atoms with Crippen LogP contribution in [0.2, 0.25) is 0 Å². The molecule has 0 fully saturated rings. The summed E-state index contributed by atoms with van der Waals surface area (Å²) in [6.45, 7) is 4.33. The molecule has 16 heavy (non-hydrogen) atoms. The molecule has 2 heterocycles. The fourth-order valence-electron chi connectivity index (χ4n) is 1.46. The number of nitrogens with zero attached hydrogens (tertiary/aromatic N) is 1. The van der Waals surface area contributed by atoms with Gasteiger partial charge in [0.15, 0.2) is 0 Å². The lowest BCUT2D eigenvalue weighted by molar-refractivity contribution is 0.0608. The molecule has 5 nitrogen and oxygen atoms in total. The van der Waals surface area contributed by atoms with E-state index in [2.05, 4.69) is 9.97 Å². The number of aryl methyl sites for hydroxylation is 1. The monoisotopic (exact) mass is 240 g/mol. The molecule has 0 bridgehead atoms. The molecule has 0 amide bonds. The van der Waals surface area contributed by atoms with Crippen LogP contribution in [0.15, 0.2) is 0 Å². The third-order valence-electron chi connectivity index (χ3n) is 2.15. The maximum absolute atomic E-state index is 11.5. The first-order valence-electron chi connectivity index (χ1n) is 4.87. The number of H-pyrrole nitrogens is 1. The standard InChI is InChI=1S/C10H12N2O3S/c1-4-15-10-11-6-5(2)16-8(7(6)12-10)9(13)14-3/h4H2,1-3H3,(H,11,12). The molecule has 0 aliphatic rings. The summed E-state index contributed by atoms with van der Waals surface area (Å²) in [7, 11) is 1.36. The van der Waals surface area contributed by atoms with Crippen molar-refractivity contribution in [2.75, 3.05) is 13.7 Å². The number of aromatic nitrogens is 2. The van der Waals surface area contributed by atoms with Crippen molar-refractivity contribution in [2.24, 2.45) is 0 Å². The smallest absolute Gasteiger partial charge is 0.350 e. The van der Waals surface area contributed by atoms with E-state index in [1.54, 1.807) is 0 Å². The Balaban J connectivity index is 2.54. The quantitative estimate of drug-likeness (QED) is 0.834. The molecule has 2 aromatic rings. The second kappa shape index (κ2) is 4.13. The van der Waals surface area contributed by atoms with Gasteiger partial charge in [-0.1, -0.05) is 0 Å². The highest BCUT2D eigenvalue weighted by atomic mass is 32.1. The number of ether oxygens (including phenoxy) is 2. The zero-order valence-corrected chi connectivity index (χ0v) is 10.1. The van der Waals surface area contributed by atoms with Crippen LogP contribution in [-0.2, 0) is 4.74 Å². The van der Waals surface area contributed by atoms with Gasteiger partial charge in [0.05, 0.1) is 19.2 Å². The van der Waals surface area contributed by atoms with Gasteiger partial charge in [-0.3, -0.25) is 0 Å². The lowest BCUT2D eigenvalue weighted by atomic mass is 10.3. The van der Waals surface area contributed by atoms with Crippen LogP contribution in [0.25, 0.3) is 11.0 Å². The molecule has 1 N–H and O–H groups in total. The van der Waals surface area contributed by atoms with Gasteiger partial charge < -0.3 is 14.5 Å². The molecular weight excluding hydrogens is 228 g/mol. The van der Waals surface area contributed by atoms with E-state index in [9.17, 15) is 4.79 Å². The maximum atomic E-state index is 11.5. The van der Waals surface area contributed by atoms with Crippen LogP contribution in [0.4, 0.5) is 0 Å². The molecule has 86 valence electrons. The third-order valence-corrected chi connectivity index (χ3v) is 3.22. The molecule has 0 atom stereocenters. The minimum Gasteiger partial charge on any atom is -0.465 e. The average Bonchev–Trinajstić information content (AvgIpc) is 2.79. The summed E-state index contributed by atoms with van der Waals surface area (Å²) >= 11 is 1.37. The Morgan fingerprint density at radius 3 is 2.94 bits per heavy atom. The number of imidazole rings is 1. The summed E-state index contributed by atoms with van der Waals surface area (Å²) in [6, 6.07) is 0.438. The second-order valence-corrected chi connectivity index (χ2v) is 4.40. The average molecular weight is 240 g/mol. The van der Waals surface area contributed by atoms with Crippen molar-refractivity contribution in [1.29, 1.82) is 0 Å². The van der Waals surface area contributed by atoms with Gasteiger partial charge in [0.2, 0.25) is 0 Å². The number of nitrogens with one attached hydrogen (secondary N) is 1. The number of hydrogen-bond donors (Lipinski definition) is 1. The molecule has 0 aromatic carbocycles. The predicted octanol–water partition coefficient (Wildman–Crippen LogP) is 2.12. The van der Waals surface area contributed by atoms with E-state index in [4.69, 9.17) is 9.47 Å². The van der Waals surface area contributed by atoms with Crippen LogP contribution < -0.4 is 4.74 Å². The van der Waals surface area contributed by atoms with E-state index in [-0.39, 0.29) is 5.97 Å². The Morgan fingerprint density at radius 1 is 1.56 bits per heavy atom. The molecule has 2 rings (SSSR count). The van der Waals surface area contributed by atoms with E-state index in [1.807, 2.05) is 13.8 Å². The normalized spacial score (nSPS) is 10.7. The Morgan fingerprint density at radius 2 is 2.31 bits per heavy atom. The fraction of sp³-hybridized carbons (Fsp3) is 0.400. The van der Waals surface area contributed by atoms with Crippen LogP contribution in [0, 0.1) is 6.92 Å². The number of methoxy groups -OCH3 is 1. The minimum absolute atomic E-state index is 0.352. The molecule has 6 heteroatoms. The van der Waals surface area contributed by atoms with Gasteiger partial charge in [0.25, 0.3) is 6.01 Å². The van der Waals surface area contributed by atoms with Crippen LogP contribution in [0.1, 0.15) is 21.5 Å². The van der Waals surface area contributed by atoms with Crippen molar-refractivity contribution in [3.8, 4) is 6.01 Å². The lowest BCUT2D eigenvalue weighted by Crippen LogP contribution is -1.98. The molecular formula is C10H12N2O3S. The number of rotatable bonds is 3. The van der Waals surface area contributed by atoms with Gasteiger partial charge in [-0.25, -0.2) is 4.79 Å². The van der Waals surface area contributed by atoms with Crippen molar-refractivity contribution >= 4 is 28.3 Å². The minimum atomic E-state index is -0.352. The van der Waals surface area contributed by atoms with Crippen molar-refractivity contribution in [2.45, 2.75) is 13.8 Å². The molecule has 0 saturated heterocycles. The van der Waals surface area contributed by atoms with Crippen LogP contribution in [0.3, 0.4) is 0 Å². The SMILES string of the molecule is CCOc1nc2c(C)sc(C(=O)OC)c2[nH]1. The lowest BCUT2D eigenvalue weighted by Gasteiger charge is -1.96. The summed E-state index contributed by atoms with van der Waals surface area (Å²) < 4.78 is 9.97. The van der Waals surface area contributed by atoms with Crippen LogP contribution in [-0.4, -0.2) is 29.7 Å². The highest BCUT2D eigenvalue weighted by molar-refractivity contribution is 7.15. The zero-order chi connectivity index (χ0) is 11.7. The Kier molecular flexibility index (Phi) is 2.82. The predicted molar refractivity (Wildman–Crippen MR) is 61.2 cm³/mol. The molecule has 0 unspecified atom stereocenters. The van der Waals surface area contributed by atoms with Crippen molar-refractivity contribution in [1.82, 2.24) is 9.97 Å². The molecule has 0 radical (unpaired) electrons. The summed E-state index contributed by atoms with van der Waals surface area (Å²) in [5.41, 5.74) is 1.46. The number of hydrogen-bond acceptors (Lipinski definition) is 5. The topological polar surface area (TPSA) is 64.2 Å². The Bertz CT molecular complexity index is 529. The van der Waals surface area contributed by atoms with E-state index in [0.717, 1.165) is 10.4 Å². The first-order valence-corrected chi connectivity index (χ1v) is 5.69. The number of thiophene rings is 1. The summed E-state index contributed by atoms with van der Waals surface area (Å²) in [5, 5.41) is 0. The molecule has 0 saturated carbocycles. The van der Waals surface area contributed by atoms with E-state index in [1.165, 1.54) is 18.4 Å².